The SMILES string of the molecule is CCOc1ccc(NC(=O)COc2ccc(C=C3C(=O)N(c4cccc(C(=O)O)c4)N=C3C)cc2OCC)cc1. The van der Waals surface area contributed by atoms with Crippen LogP contribution in [0.25, 0.3) is 6.08 Å². The Morgan fingerprint density at radius 3 is 2.40 bits per heavy atom. The summed E-state index contributed by atoms with van der Waals surface area (Å²) in [7, 11) is 0. The van der Waals surface area contributed by atoms with Gasteiger partial charge in [0.15, 0.2) is 18.1 Å². The van der Waals surface area contributed by atoms with Gasteiger partial charge < -0.3 is 24.6 Å². The summed E-state index contributed by atoms with van der Waals surface area (Å²) in [6, 6.07) is 18.2. The lowest BCUT2D eigenvalue weighted by Crippen LogP contribution is -2.21. The van der Waals surface area contributed by atoms with Crippen LogP contribution in [0.4, 0.5) is 11.4 Å². The number of benzene rings is 3. The first kappa shape index (κ1) is 27.9. The molecule has 40 heavy (non-hydrogen) atoms. The molecule has 10 heteroatoms. The summed E-state index contributed by atoms with van der Waals surface area (Å²) in [6.45, 7) is 6.12. The minimum atomic E-state index is -1.09. The average Bonchev–Trinajstić information content (AvgIpc) is 3.22. The fourth-order valence-electron chi connectivity index (χ4n) is 3.94. The number of carboxylic acids is 1. The van der Waals surface area contributed by atoms with Crippen molar-refractivity contribution in [3.63, 3.8) is 0 Å². The highest BCUT2D eigenvalue weighted by Gasteiger charge is 2.29. The molecular formula is C30H29N3O7. The van der Waals surface area contributed by atoms with Gasteiger partial charge in [0.05, 0.1) is 35.7 Å². The first-order valence-corrected chi connectivity index (χ1v) is 12.7. The smallest absolute Gasteiger partial charge is 0.335 e. The lowest BCUT2D eigenvalue weighted by Gasteiger charge is -2.13. The third kappa shape index (κ3) is 6.65. The zero-order valence-corrected chi connectivity index (χ0v) is 22.3. The molecule has 10 nitrogen and oxygen atoms in total. The predicted molar refractivity (Wildman–Crippen MR) is 151 cm³/mol. The molecular weight excluding hydrogens is 514 g/mol. The predicted octanol–water partition coefficient (Wildman–Crippen LogP) is 5.01. The molecule has 0 saturated carbocycles. The number of amides is 2. The quantitative estimate of drug-likeness (QED) is 0.326. The van der Waals surface area contributed by atoms with Gasteiger partial charge in [-0.1, -0.05) is 12.1 Å². The summed E-state index contributed by atoms with van der Waals surface area (Å²) in [5, 5.41) is 17.5. The number of rotatable bonds is 11. The maximum atomic E-state index is 13.1. The molecule has 3 aromatic rings. The monoisotopic (exact) mass is 543 g/mol. The first-order valence-electron chi connectivity index (χ1n) is 12.7. The molecule has 0 bridgehead atoms. The van der Waals surface area contributed by atoms with Crippen molar-refractivity contribution in [2.24, 2.45) is 5.10 Å². The van der Waals surface area contributed by atoms with E-state index in [1.807, 2.05) is 13.8 Å². The molecule has 1 aliphatic rings. The number of carbonyl (C=O) groups excluding carboxylic acids is 2. The molecule has 0 radical (unpaired) electrons. The van der Waals surface area contributed by atoms with Gasteiger partial charge in [0.25, 0.3) is 11.8 Å². The van der Waals surface area contributed by atoms with E-state index in [1.54, 1.807) is 67.6 Å². The summed E-state index contributed by atoms with van der Waals surface area (Å²) < 4.78 is 16.9. The van der Waals surface area contributed by atoms with Gasteiger partial charge in [-0.3, -0.25) is 9.59 Å². The second kappa shape index (κ2) is 12.6. The Balaban J connectivity index is 1.46. The Bertz CT molecular complexity index is 1480. The molecule has 3 aromatic carbocycles. The van der Waals surface area contributed by atoms with Crippen molar-refractivity contribution in [2.75, 3.05) is 30.1 Å². The van der Waals surface area contributed by atoms with Gasteiger partial charge >= 0.3 is 5.97 Å². The van der Waals surface area contributed by atoms with Gasteiger partial charge in [0.1, 0.15) is 5.75 Å². The molecule has 4 rings (SSSR count). The van der Waals surface area contributed by atoms with Crippen molar-refractivity contribution in [1.29, 1.82) is 0 Å². The van der Waals surface area contributed by atoms with E-state index < -0.39 is 5.97 Å². The minimum Gasteiger partial charge on any atom is -0.494 e. The zero-order chi connectivity index (χ0) is 28.6. The van der Waals surface area contributed by atoms with E-state index >= 15 is 0 Å². The Morgan fingerprint density at radius 1 is 0.950 bits per heavy atom. The number of hydrogen-bond acceptors (Lipinski definition) is 7. The zero-order valence-electron chi connectivity index (χ0n) is 22.3. The van der Waals surface area contributed by atoms with Crippen LogP contribution in [0.5, 0.6) is 17.2 Å². The highest BCUT2D eigenvalue weighted by atomic mass is 16.5. The van der Waals surface area contributed by atoms with Crippen LogP contribution < -0.4 is 24.5 Å². The maximum absolute atomic E-state index is 13.1. The number of nitrogens with zero attached hydrogens (tertiary/aromatic N) is 2. The van der Waals surface area contributed by atoms with Crippen molar-refractivity contribution < 1.29 is 33.7 Å². The van der Waals surface area contributed by atoms with E-state index in [2.05, 4.69) is 10.4 Å². The van der Waals surface area contributed by atoms with E-state index in [0.29, 0.717) is 58.7 Å². The Hall–Kier alpha value is -5.12. The van der Waals surface area contributed by atoms with Crippen LogP contribution in [0.15, 0.2) is 77.4 Å². The number of hydrogen-bond donors (Lipinski definition) is 2. The first-order chi connectivity index (χ1) is 19.3. The van der Waals surface area contributed by atoms with Crippen molar-refractivity contribution in [2.45, 2.75) is 20.8 Å². The molecule has 0 unspecified atom stereocenters. The molecule has 206 valence electrons. The van der Waals surface area contributed by atoms with Crippen LogP contribution in [0.1, 0.15) is 36.7 Å². The molecule has 0 aliphatic carbocycles. The summed E-state index contributed by atoms with van der Waals surface area (Å²) in [5.74, 6) is -0.311. The van der Waals surface area contributed by atoms with Gasteiger partial charge in [-0.2, -0.15) is 10.1 Å². The minimum absolute atomic E-state index is 0.0562. The summed E-state index contributed by atoms with van der Waals surface area (Å²) >= 11 is 0. The van der Waals surface area contributed by atoms with Crippen LogP contribution >= 0.6 is 0 Å². The number of ether oxygens (including phenoxy) is 3. The van der Waals surface area contributed by atoms with Gasteiger partial charge in [-0.15, -0.1) is 0 Å². The molecule has 2 amide bonds. The van der Waals surface area contributed by atoms with Crippen LogP contribution in [0.2, 0.25) is 0 Å². The molecule has 0 aromatic heterocycles. The van der Waals surface area contributed by atoms with E-state index in [9.17, 15) is 19.5 Å². The second-order valence-electron chi connectivity index (χ2n) is 8.65. The average molecular weight is 544 g/mol. The van der Waals surface area contributed by atoms with E-state index in [0.717, 1.165) is 0 Å². The second-order valence-corrected chi connectivity index (χ2v) is 8.65. The van der Waals surface area contributed by atoms with Gasteiger partial charge in [-0.05, 0) is 87.0 Å². The number of anilines is 2. The molecule has 2 N–H and O–H groups in total. The third-order valence-corrected chi connectivity index (χ3v) is 5.79. The summed E-state index contributed by atoms with van der Waals surface area (Å²) in [4.78, 5) is 36.9. The lowest BCUT2D eigenvalue weighted by molar-refractivity contribution is -0.118. The van der Waals surface area contributed by atoms with Crippen LogP contribution in [0, 0.1) is 0 Å². The number of carboxylic acid groups (broad SMARTS) is 1. The normalized spacial score (nSPS) is 13.7. The summed E-state index contributed by atoms with van der Waals surface area (Å²) in [5.41, 5.74) is 2.52. The van der Waals surface area contributed by atoms with Gasteiger partial charge in [0, 0.05) is 5.69 Å². The van der Waals surface area contributed by atoms with Crippen molar-refractivity contribution in [1.82, 2.24) is 0 Å². The number of carbonyl (C=O) groups is 3. The van der Waals surface area contributed by atoms with Crippen LogP contribution in [-0.4, -0.2) is 48.4 Å². The topological polar surface area (TPSA) is 127 Å². The number of aromatic carboxylic acids is 1. The highest BCUT2D eigenvalue weighted by Crippen LogP contribution is 2.31. The number of hydrazone groups is 1. The van der Waals surface area contributed by atoms with E-state index in [1.165, 1.54) is 17.1 Å². The highest BCUT2D eigenvalue weighted by molar-refractivity contribution is 6.32. The molecule has 1 heterocycles. The maximum Gasteiger partial charge on any atom is 0.335 e. The van der Waals surface area contributed by atoms with Gasteiger partial charge in [-0.25, -0.2) is 4.79 Å². The Labute approximate surface area is 231 Å². The largest absolute Gasteiger partial charge is 0.494 e. The molecule has 0 saturated heterocycles. The van der Waals surface area contributed by atoms with Crippen molar-refractivity contribution in [3.05, 3.63) is 83.4 Å². The molecule has 0 fully saturated rings. The van der Waals surface area contributed by atoms with Crippen molar-refractivity contribution in [3.8, 4) is 17.2 Å². The number of nitrogens with one attached hydrogen (secondary N) is 1. The molecule has 0 atom stereocenters. The Kier molecular flexibility index (Phi) is 8.80. The van der Waals surface area contributed by atoms with Gasteiger partial charge in [0.2, 0.25) is 0 Å². The lowest BCUT2D eigenvalue weighted by atomic mass is 10.1. The van der Waals surface area contributed by atoms with Crippen LogP contribution in [0.3, 0.4) is 0 Å². The fourth-order valence-corrected chi connectivity index (χ4v) is 3.94. The van der Waals surface area contributed by atoms with E-state index in [4.69, 9.17) is 14.2 Å². The summed E-state index contributed by atoms with van der Waals surface area (Å²) in [6.07, 6.45) is 1.67. The third-order valence-electron chi connectivity index (χ3n) is 5.79. The standard InChI is InChI=1S/C30H29N3O7/c1-4-38-24-12-10-22(11-13-24)31-28(34)18-40-26-14-9-20(16-27(26)39-5-2)15-25-19(3)32-33(29(25)35)23-8-6-7-21(17-23)30(36)37/h6-17H,4-5,18H2,1-3H3,(H,31,34)(H,36,37). The van der Waals surface area contributed by atoms with Crippen LogP contribution in [-0.2, 0) is 9.59 Å². The van der Waals surface area contributed by atoms with Crippen molar-refractivity contribution >= 4 is 40.9 Å². The Morgan fingerprint density at radius 2 is 1.70 bits per heavy atom. The fraction of sp³-hybridized carbons (Fsp3) is 0.200. The van der Waals surface area contributed by atoms with E-state index in [-0.39, 0.29) is 24.0 Å². The molecule has 0 spiro atoms. The molecule has 1 aliphatic heterocycles.